The number of nitrogens with two attached hydrogens (primary N) is 1. The summed E-state index contributed by atoms with van der Waals surface area (Å²) in [7, 11) is 7.87. The Morgan fingerprint density at radius 2 is 1.14 bits per heavy atom. The lowest BCUT2D eigenvalue weighted by molar-refractivity contribution is 0.198. The number of isocyanates is 1. The average molecular weight is 583 g/mol. The van der Waals surface area contributed by atoms with Crippen molar-refractivity contribution in [2.24, 2.45) is 4.99 Å². The van der Waals surface area contributed by atoms with E-state index in [9.17, 15) is 9.59 Å². The number of carbonyl (C=O) groups excluding carboxylic acids is 2. The Hall–Kier alpha value is -5.11. The molecule has 0 atom stereocenters. The van der Waals surface area contributed by atoms with Gasteiger partial charge in [-0.3, -0.25) is 0 Å². The van der Waals surface area contributed by atoms with E-state index in [4.69, 9.17) is 10.5 Å². The number of hydrogen-bond acceptors (Lipinski definition) is 7. The third kappa shape index (κ3) is 14.9. The Balaban J connectivity index is 0.000000227. The van der Waals surface area contributed by atoms with Crippen LogP contribution >= 0.6 is 0 Å². The lowest BCUT2D eigenvalue weighted by Crippen LogP contribution is -2.19. The molecule has 1 aliphatic rings. The van der Waals surface area contributed by atoms with Gasteiger partial charge in [0.15, 0.2) is 0 Å². The highest BCUT2D eigenvalue weighted by molar-refractivity contribution is 5.99. The largest absolute Gasteiger partial charge is 0.399 e. The van der Waals surface area contributed by atoms with E-state index in [2.05, 4.69) is 15.6 Å². The van der Waals surface area contributed by atoms with Crippen LogP contribution in [-0.2, 0) is 9.53 Å². The van der Waals surface area contributed by atoms with Gasteiger partial charge in [0, 0.05) is 69.8 Å². The molecule has 0 spiro atoms. The lowest BCUT2D eigenvalue weighted by Gasteiger charge is -2.13. The van der Waals surface area contributed by atoms with Gasteiger partial charge in [-0.1, -0.05) is 36.4 Å². The molecule has 0 saturated carbocycles. The van der Waals surface area contributed by atoms with Crippen molar-refractivity contribution in [3.05, 3.63) is 109 Å². The third-order valence-corrected chi connectivity index (χ3v) is 5.84. The van der Waals surface area contributed by atoms with Gasteiger partial charge in [0.25, 0.3) is 0 Å². The predicted molar refractivity (Wildman–Crippen MR) is 179 cm³/mol. The fraction of sp³-hybridized carbons (Fsp3) is 0.235. The maximum atomic E-state index is 11.8. The van der Waals surface area contributed by atoms with E-state index >= 15 is 0 Å². The number of ether oxygens (including phenoxy) is 1. The number of aliphatic imine (C=N–C) groups is 1. The van der Waals surface area contributed by atoms with Gasteiger partial charge in [-0.2, -0.15) is 4.99 Å². The molecule has 0 radical (unpaired) electrons. The quantitative estimate of drug-likeness (QED) is 0.131. The topological polar surface area (TPSA) is 112 Å². The van der Waals surface area contributed by atoms with Crippen LogP contribution in [0.15, 0.2) is 114 Å². The van der Waals surface area contributed by atoms with Gasteiger partial charge in [-0.25, -0.2) is 9.59 Å². The number of anilines is 5. The van der Waals surface area contributed by atoms with Crippen molar-refractivity contribution in [2.75, 3.05) is 67.6 Å². The number of nitrogen functional groups attached to an aromatic ring is 1. The highest BCUT2D eigenvalue weighted by Gasteiger charge is 2.02. The van der Waals surface area contributed by atoms with Crippen molar-refractivity contribution in [1.82, 2.24) is 0 Å². The molecule has 2 amide bonds. The van der Waals surface area contributed by atoms with Crippen LogP contribution in [0, 0.1) is 0 Å². The highest BCUT2D eigenvalue weighted by Crippen LogP contribution is 2.17. The van der Waals surface area contributed by atoms with Gasteiger partial charge >= 0.3 is 6.03 Å². The number of amides is 2. The predicted octanol–water partition coefficient (Wildman–Crippen LogP) is 7.18. The summed E-state index contributed by atoms with van der Waals surface area (Å²) in [5, 5.41) is 5.56. The summed E-state index contributed by atoms with van der Waals surface area (Å²) in [5.74, 6) is 0. The third-order valence-electron chi connectivity index (χ3n) is 5.84. The van der Waals surface area contributed by atoms with Gasteiger partial charge in [0.1, 0.15) is 0 Å². The minimum atomic E-state index is -0.246. The molecule has 1 aliphatic heterocycles. The summed E-state index contributed by atoms with van der Waals surface area (Å²) in [6.07, 6.45) is 4.05. The van der Waals surface area contributed by atoms with E-state index in [0.29, 0.717) is 5.69 Å². The first-order valence-corrected chi connectivity index (χ1v) is 13.9. The Morgan fingerprint density at radius 1 is 0.698 bits per heavy atom. The second-order valence-electron chi connectivity index (χ2n) is 9.73. The van der Waals surface area contributed by atoms with Gasteiger partial charge in [-0.15, -0.1) is 0 Å². The van der Waals surface area contributed by atoms with E-state index in [1.54, 1.807) is 12.1 Å². The molecule has 226 valence electrons. The zero-order chi connectivity index (χ0) is 31.3. The van der Waals surface area contributed by atoms with E-state index in [1.807, 2.05) is 135 Å². The van der Waals surface area contributed by atoms with Gasteiger partial charge in [-0.05, 0) is 85.6 Å². The van der Waals surface area contributed by atoms with Crippen molar-refractivity contribution < 1.29 is 14.3 Å². The molecule has 5 rings (SSSR count). The normalized spacial score (nSPS) is 11.0. The smallest absolute Gasteiger partial charge is 0.323 e. The second-order valence-corrected chi connectivity index (χ2v) is 9.73. The fourth-order valence-electron chi connectivity index (χ4n) is 3.50. The first-order valence-electron chi connectivity index (χ1n) is 13.9. The van der Waals surface area contributed by atoms with E-state index in [-0.39, 0.29) is 6.03 Å². The number of rotatable bonds is 5. The first-order chi connectivity index (χ1) is 20.8. The van der Waals surface area contributed by atoms with Crippen LogP contribution < -0.4 is 26.2 Å². The molecule has 1 fully saturated rings. The monoisotopic (exact) mass is 582 g/mol. The van der Waals surface area contributed by atoms with E-state index < -0.39 is 0 Å². The number of urea groups is 1. The molecular weight excluding hydrogens is 540 g/mol. The molecule has 9 heteroatoms. The van der Waals surface area contributed by atoms with Crippen molar-refractivity contribution in [3.8, 4) is 0 Å². The zero-order valence-electron chi connectivity index (χ0n) is 25.4. The Bertz CT molecular complexity index is 1350. The Labute approximate surface area is 255 Å². The molecule has 0 aromatic heterocycles. The SMILES string of the molecule is C1CCOC1.CN(C)c1ccc(N=C=O)cc1.CN(C)c1ccc(NC(=O)Nc2ccccc2)cc1.Nc1ccccc1. The first kappa shape index (κ1) is 34.1. The zero-order valence-corrected chi connectivity index (χ0v) is 25.4. The van der Waals surface area contributed by atoms with E-state index in [1.165, 1.54) is 18.9 Å². The number of nitrogens with zero attached hydrogens (tertiary/aromatic N) is 3. The molecule has 4 aromatic rings. The number of hydrogen-bond donors (Lipinski definition) is 3. The summed E-state index contributed by atoms with van der Waals surface area (Å²) in [6, 6.07) is 33.6. The Morgan fingerprint density at radius 3 is 1.51 bits per heavy atom. The fourth-order valence-corrected chi connectivity index (χ4v) is 3.50. The summed E-state index contributed by atoms with van der Waals surface area (Å²) < 4.78 is 4.94. The number of nitrogens with one attached hydrogen (secondary N) is 2. The number of para-hydroxylation sites is 2. The molecule has 0 aliphatic carbocycles. The second kappa shape index (κ2) is 19.9. The minimum absolute atomic E-state index is 0.246. The van der Waals surface area contributed by atoms with Crippen LogP contribution in [0.1, 0.15) is 12.8 Å². The minimum Gasteiger partial charge on any atom is -0.399 e. The number of carbonyl (C=O) groups is 1. The molecule has 1 heterocycles. The van der Waals surface area contributed by atoms with Crippen LogP contribution in [-0.4, -0.2) is 53.5 Å². The Kier molecular flexibility index (Phi) is 15.8. The van der Waals surface area contributed by atoms with Crippen LogP contribution in [0.5, 0.6) is 0 Å². The molecule has 4 aromatic carbocycles. The molecule has 0 bridgehead atoms. The van der Waals surface area contributed by atoms with Crippen LogP contribution in [0.4, 0.5) is 38.9 Å². The van der Waals surface area contributed by atoms with Crippen molar-refractivity contribution in [3.63, 3.8) is 0 Å². The maximum absolute atomic E-state index is 11.8. The molecule has 1 saturated heterocycles. The van der Waals surface area contributed by atoms with E-state index in [0.717, 1.165) is 41.7 Å². The molecule has 43 heavy (non-hydrogen) atoms. The lowest BCUT2D eigenvalue weighted by atomic mass is 10.2. The molecule has 4 N–H and O–H groups in total. The van der Waals surface area contributed by atoms with Crippen LogP contribution in [0.25, 0.3) is 0 Å². The van der Waals surface area contributed by atoms with Crippen molar-refractivity contribution in [1.29, 1.82) is 0 Å². The molecule has 9 nitrogen and oxygen atoms in total. The van der Waals surface area contributed by atoms with Gasteiger partial charge in [0.2, 0.25) is 6.08 Å². The van der Waals surface area contributed by atoms with Crippen LogP contribution in [0.2, 0.25) is 0 Å². The maximum Gasteiger partial charge on any atom is 0.323 e. The standard InChI is InChI=1S/C15H17N3O.C9H10N2O.C6H7N.C4H8O/c1-18(2)14-10-8-13(9-11-14)17-15(19)16-12-6-4-3-5-7-12;1-11(2)9-5-3-8(4-6-9)10-7-12;7-6-4-2-1-3-5-6;1-2-4-5-3-1/h3-11H,1-2H3,(H2,16,17,19);3-6H,1-2H3;1-5H,7H2;1-4H2. The van der Waals surface area contributed by atoms with Gasteiger partial charge in [0.05, 0.1) is 5.69 Å². The summed E-state index contributed by atoms with van der Waals surface area (Å²) in [6.45, 7) is 2.00. The molecule has 0 unspecified atom stereocenters. The van der Waals surface area contributed by atoms with Gasteiger partial charge < -0.3 is 30.9 Å². The average Bonchev–Trinajstić information content (AvgIpc) is 3.60. The summed E-state index contributed by atoms with van der Waals surface area (Å²) in [5.41, 5.74) is 10.5. The number of benzene rings is 4. The summed E-state index contributed by atoms with van der Waals surface area (Å²) in [4.78, 5) is 29.1. The van der Waals surface area contributed by atoms with Crippen molar-refractivity contribution >= 4 is 46.2 Å². The van der Waals surface area contributed by atoms with Crippen LogP contribution in [0.3, 0.4) is 0 Å². The van der Waals surface area contributed by atoms with Crippen molar-refractivity contribution in [2.45, 2.75) is 12.8 Å². The molecular formula is C34H42N6O3. The highest BCUT2D eigenvalue weighted by atomic mass is 16.5. The summed E-state index contributed by atoms with van der Waals surface area (Å²) >= 11 is 0.